The molecule has 0 fully saturated rings. The van der Waals surface area contributed by atoms with Crippen LogP contribution in [0.1, 0.15) is 5.56 Å². The van der Waals surface area contributed by atoms with Gasteiger partial charge < -0.3 is 0 Å². The van der Waals surface area contributed by atoms with Gasteiger partial charge in [-0.05, 0) is 19.1 Å². The first-order valence-corrected chi connectivity index (χ1v) is 10.1. The number of hydrogen-bond donors (Lipinski definition) is 1. The van der Waals surface area contributed by atoms with Crippen molar-refractivity contribution in [1.82, 2.24) is 0 Å². The summed E-state index contributed by atoms with van der Waals surface area (Å²) in [5, 5.41) is -4.98. The Morgan fingerprint density at radius 3 is 1.91 bits per heavy atom. The molecule has 1 rings (SSSR count). The first kappa shape index (κ1) is 18.9. The molecule has 0 radical (unpaired) electrons. The van der Waals surface area contributed by atoms with Crippen LogP contribution < -0.4 is 0 Å². The maximum absolute atomic E-state index is 12.9. The summed E-state index contributed by atoms with van der Waals surface area (Å²) in [5.41, 5.74) is 0.607. The van der Waals surface area contributed by atoms with Gasteiger partial charge in [0.1, 0.15) is 6.61 Å². The summed E-state index contributed by atoms with van der Waals surface area (Å²) in [7, 11) is -16.7. The van der Waals surface area contributed by atoms with Crippen molar-refractivity contribution >= 4 is 28.1 Å². The van der Waals surface area contributed by atoms with E-state index in [1.165, 1.54) is 12.1 Å². The van der Waals surface area contributed by atoms with Crippen molar-refractivity contribution in [2.24, 2.45) is 0 Å². The maximum Gasteiger partial charge on any atom is 0.393 e. The highest BCUT2D eigenvalue weighted by molar-refractivity contribution is 8.65. The Balaban J connectivity index is 3.12. The smallest absolute Gasteiger partial charge is 0.281 e. The second-order valence-corrected chi connectivity index (χ2v) is 10.6. The molecule has 0 heterocycles. The number of rotatable bonds is 6. The Morgan fingerprint density at radius 2 is 1.50 bits per heavy atom. The minimum absolute atomic E-state index is 0.607. The standard InChI is InChI=1S/C9H10F2O8S3/c1-7-2-4-8(5-3-7)20(12,13)22(17,18)19-6-9(10,11)21(14,15)16/h2-5H,6H2,1H3,(H,14,15,16). The van der Waals surface area contributed by atoms with Gasteiger partial charge in [0, 0.05) is 0 Å². The molecule has 0 saturated heterocycles. The van der Waals surface area contributed by atoms with E-state index in [9.17, 15) is 34.0 Å². The zero-order valence-corrected chi connectivity index (χ0v) is 13.3. The van der Waals surface area contributed by atoms with Crippen molar-refractivity contribution in [2.75, 3.05) is 6.61 Å². The van der Waals surface area contributed by atoms with Gasteiger partial charge in [-0.25, -0.2) is 8.42 Å². The van der Waals surface area contributed by atoms with Gasteiger partial charge in [-0.1, -0.05) is 17.7 Å². The van der Waals surface area contributed by atoms with Crippen molar-refractivity contribution in [3.05, 3.63) is 29.8 Å². The molecule has 0 amide bonds. The van der Waals surface area contributed by atoms with Crippen LogP contribution in [0.15, 0.2) is 29.2 Å². The van der Waals surface area contributed by atoms with E-state index in [-0.39, 0.29) is 0 Å². The molecule has 13 heteroatoms. The predicted molar refractivity (Wildman–Crippen MR) is 69.7 cm³/mol. The van der Waals surface area contributed by atoms with E-state index < -0.39 is 44.9 Å². The average molecular weight is 380 g/mol. The Labute approximate surface area is 124 Å². The Kier molecular flexibility index (Phi) is 4.99. The lowest BCUT2D eigenvalue weighted by Crippen LogP contribution is -2.35. The molecule has 1 N–H and O–H groups in total. The van der Waals surface area contributed by atoms with Gasteiger partial charge in [0.2, 0.25) is 0 Å². The second kappa shape index (κ2) is 5.81. The molecule has 1 aromatic rings. The van der Waals surface area contributed by atoms with Crippen molar-refractivity contribution in [2.45, 2.75) is 17.1 Å². The normalized spacial score (nSPS) is 14.0. The Hall–Kier alpha value is -1.15. The van der Waals surface area contributed by atoms with Crippen LogP contribution in [0.4, 0.5) is 8.78 Å². The largest absolute Gasteiger partial charge is 0.393 e. The molecule has 0 atom stereocenters. The maximum atomic E-state index is 12.9. The molecular formula is C9H10F2O8S3. The number of benzene rings is 1. The number of aryl methyl sites for hydroxylation is 1. The minimum Gasteiger partial charge on any atom is -0.281 e. The van der Waals surface area contributed by atoms with Crippen LogP contribution in [0, 0.1) is 6.92 Å². The van der Waals surface area contributed by atoms with Crippen LogP contribution in [0.5, 0.6) is 0 Å². The Bertz CT molecular complexity index is 854. The zero-order chi connectivity index (χ0) is 17.4. The number of alkyl halides is 2. The Morgan fingerprint density at radius 1 is 1.05 bits per heavy atom. The fourth-order valence-corrected chi connectivity index (χ4v) is 4.07. The van der Waals surface area contributed by atoms with E-state index in [0.717, 1.165) is 12.1 Å². The van der Waals surface area contributed by atoms with Crippen LogP contribution in [-0.4, -0.2) is 41.7 Å². The highest BCUT2D eigenvalue weighted by atomic mass is 33.2. The molecule has 22 heavy (non-hydrogen) atoms. The van der Waals surface area contributed by atoms with E-state index in [2.05, 4.69) is 4.18 Å². The molecule has 0 spiro atoms. The van der Waals surface area contributed by atoms with E-state index in [1.54, 1.807) is 6.92 Å². The third-order valence-corrected chi connectivity index (χ3v) is 7.47. The monoisotopic (exact) mass is 380 g/mol. The SMILES string of the molecule is Cc1ccc(S(=O)(=O)S(=O)(=O)OCC(F)(F)S(=O)(=O)O)cc1. The fourth-order valence-electron chi connectivity index (χ4n) is 1.10. The highest BCUT2D eigenvalue weighted by Gasteiger charge is 2.47. The van der Waals surface area contributed by atoms with Crippen LogP contribution in [0.25, 0.3) is 0 Å². The molecule has 8 nitrogen and oxygen atoms in total. The second-order valence-electron chi connectivity index (χ2n) is 4.05. The van der Waals surface area contributed by atoms with E-state index in [0.29, 0.717) is 5.56 Å². The topological polar surface area (TPSA) is 132 Å². The summed E-state index contributed by atoms with van der Waals surface area (Å²) in [6, 6.07) is 4.34. The first-order valence-electron chi connectivity index (χ1n) is 5.27. The fraction of sp³-hybridized carbons (Fsp3) is 0.333. The molecule has 0 aliphatic rings. The number of hydrogen-bond acceptors (Lipinski definition) is 7. The van der Waals surface area contributed by atoms with Gasteiger partial charge in [0.05, 0.1) is 4.90 Å². The number of halogens is 2. The van der Waals surface area contributed by atoms with Gasteiger partial charge in [0.25, 0.3) is 0 Å². The highest BCUT2D eigenvalue weighted by Crippen LogP contribution is 2.25. The molecule has 0 aliphatic heterocycles. The van der Waals surface area contributed by atoms with E-state index in [1.807, 2.05) is 0 Å². The van der Waals surface area contributed by atoms with E-state index >= 15 is 0 Å². The zero-order valence-electron chi connectivity index (χ0n) is 10.8. The lowest BCUT2D eigenvalue weighted by Gasteiger charge is -2.13. The van der Waals surface area contributed by atoms with Crippen LogP contribution in [0.3, 0.4) is 0 Å². The molecule has 0 aliphatic carbocycles. The molecule has 0 unspecified atom stereocenters. The predicted octanol–water partition coefficient (Wildman–Crippen LogP) is 0.511. The quantitative estimate of drug-likeness (QED) is 0.558. The summed E-state index contributed by atoms with van der Waals surface area (Å²) >= 11 is 0. The third-order valence-electron chi connectivity index (χ3n) is 2.33. The van der Waals surface area contributed by atoms with Crippen molar-refractivity contribution in [3.63, 3.8) is 0 Å². The van der Waals surface area contributed by atoms with Crippen LogP contribution in [0.2, 0.25) is 0 Å². The summed E-state index contributed by atoms with van der Waals surface area (Å²) in [6.45, 7) is -0.784. The third kappa shape index (κ3) is 3.78. The van der Waals surface area contributed by atoms with E-state index in [4.69, 9.17) is 4.55 Å². The first-order chi connectivity index (χ1) is 9.71. The summed E-state index contributed by atoms with van der Waals surface area (Å²) < 4.78 is 105. The van der Waals surface area contributed by atoms with Crippen molar-refractivity contribution in [3.8, 4) is 0 Å². The van der Waals surface area contributed by atoms with Gasteiger partial charge >= 0.3 is 33.4 Å². The lowest BCUT2D eigenvalue weighted by atomic mass is 10.2. The summed E-state index contributed by atoms with van der Waals surface area (Å²) in [4.78, 5) is -0.742. The van der Waals surface area contributed by atoms with Gasteiger partial charge in [-0.3, -0.25) is 8.74 Å². The average Bonchev–Trinajstić information content (AvgIpc) is 2.35. The van der Waals surface area contributed by atoms with Crippen molar-refractivity contribution < 1.29 is 42.8 Å². The molecule has 0 saturated carbocycles. The minimum atomic E-state index is -5.96. The lowest BCUT2D eigenvalue weighted by molar-refractivity contribution is 0.0323. The molecule has 1 aromatic carbocycles. The summed E-state index contributed by atoms with van der Waals surface area (Å²) in [5.74, 6) is 0. The summed E-state index contributed by atoms with van der Waals surface area (Å²) in [6.07, 6.45) is 0. The molecule has 0 aromatic heterocycles. The molecule has 0 bridgehead atoms. The van der Waals surface area contributed by atoms with Crippen LogP contribution in [-0.2, 0) is 32.3 Å². The van der Waals surface area contributed by atoms with Gasteiger partial charge in [0.15, 0.2) is 0 Å². The van der Waals surface area contributed by atoms with Crippen molar-refractivity contribution in [1.29, 1.82) is 0 Å². The van der Waals surface area contributed by atoms with Gasteiger partial charge in [-0.2, -0.15) is 25.6 Å². The molecular weight excluding hydrogens is 370 g/mol. The molecule has 126 valence electrons. The van der Waals surface area contributed by atoms with Gasteiger partial charge in [-0.15, -0.1) is 0 Å². The van der Waals surface area contributed by atoms with Crippen LogP contribution >= 0.6 is 0 Å².